The second-order valence-electron chi connectivity index (χ2n) is 4.73. The van der Waals surface area contributed by atoms with Crippen LogP contribution >= 0.6 is 0 Å². The predicted molar refractivity (Wildman–Crippen MR) is 52.3 cm³/mol. The first-order valence-corrected chi connectivity index (χ1v) is 5.53. The third-order valence-electron chi connectivity index (χ3n) is 3.17. The Morgan fingerprint density at radius 2 is 2.15 bits per heavy atom. The Bertz CT molecular complexity index is 198. The van der Waals surface area contributed by atoms with Crippen LogP contribution in [0.2, 0.25) is 0 Å². The normalized spacial score (nSPS) is 29.0. The van der Waals surface area contributed by atoms with Gasteiger partial charge in [-0.3, -0.25) is 4.79 Å². The smallest absolute Gasteiger partial charge is 0.222 e. The number of piperidine rings is 1. The highest BCUT2D eigenvalue weighted by atomic mass is 16.2. The van der Waals surface area contributed by atoms with Crippen LogP contribution in [0.3, 0.4) is 0 Å². The van der Waals surface area contributed by atoms with E-state index < -0.39 is 0 Å². The van der Waals surface area contributed by atoms with Gasteiger partial charge in [0, 0.05) is 19.5 Å². The van der Waals surface area contributed by atoms with Gasteiger partial charge in [-0.1, -0.05) is 6.92 Å². The lowest BCUT2D eigenvalue weighted by molar-refractivity contribution is -0.133. The van der Waals surface area contributed by atoms with E-state index in [2.05, 4.69) is 11.8 Å². The van der Waals surface area contributed by atoms with Crippen LogP contribution in [0.1, 0.15) is 39.0 Å². The van der Waals surface area contributed by atoms with E-state index in [1.54, 1.807) is 0 Å². The minimum atomic E-state index is 0.411. The van der Waals surface area contributed by atoms with Crippen molar-refractivity contribution in [2.75, 3.05) is 13.1 Å². The molecule has 1 amide bonds. The molecule has 1 aliphatic carbocycles. The molecule has 1 saturated heterocycles. The standard InChI is InChI=1S/C11H19NO/c1-9-3-2-6-12(8-9)11(13)7-10-4-5-10/h9-10H,2-8H2,1H3/t9-/m0/s1. The predicted octanol–water partition coefficient (Wildman–Crippen LogP) is 2.04. The zero-order valence-electron chi connectivity index (χ0n) is 8.46. The third-order valence-corrected chi connectivity index (χ3v) is 3.17. The molecular formula is C11H19NO. The summed E-state index contributed by atoms with van der Waals surface area (Å²) in [5, 5.41) is 0. The first-order valence-electron chi connectivity index (χ1n) is 5.53. The summed E-state index contributed by atoms with van der Waals surface area (Å²) in [6, 6.07) is 0. The second kappa shape index (κ2) is 3.69. The van der Waals surface area contributed by atoms with Crippen molar-refractivity contribution in [1.82, 2.24) is 4.90 Å². The Kier molecular flexibility index (Phi) is 2.56. The molecule has 1 heterocycles. The summed E-state index contributed by atoms with van der Waals surface area (Å²) < 4.78 is 0. The maximum absolute atomic E-state index is 11.7. The number of rotatable bonds is 2. The van der Waals surface area contributed by atoms with Gasteiger partial charge in [-0.15, -0.1) is 0 Å². The summed E-state index contributed by atoms with van der Waals surface area (Å²) in [4.78, 5) is 13.8. The fraction of sp³-hybridized carbons (Fsp3) is 0.909. The number of hydrogen-bond acceptors (Lipinski definition) is 1. The van der Waals surface area contributed by atoms with Crippen LogP contribution < -0.4 is 0 Å². The van der Waals surface area contributed by atoms with Gasteiger partial charge in [0.1, 0.15) is 0 Å². The molecular weight excluding hydrogens is 162 g/mol. The Labute approximate surface area is 80.3 Å². The van der Waals surface area contributed by atoms with E-state index in [1.165, 1.54) is 25.7 Å². The van der Waals surface area contributed by atoms with Crippen molar-refractivity contribution in [1.29, 1.82) is 0 Å². The highest BCUT2D eigenvalue weighted by Crippen LogP contribution is 2.33. The molecule has 13 heavy (non-hydrogen) atoms. The molecule has 0 spiro atoms. The Morgan fingerprint density at radius 1 is 1.38 bits per heavy atom. The quantitative estimate of drug-likeness (QED) is 0.638. The average Bonchev–Trinajstić information content (AvgIpc) is 2.88. The van der Waals surface area contributed by atoms with Crippen LogP contribution in [-0.2, 0) is 4.79 Å². The average molecular weight is 181 g/mol. The van der Waals surface area contributed by atoms with Gasteiger partial charge in [0.15, 0.2) is 0 Å². The zero-order chi connectivity index (χ0) is 9.26. The van der Waals surface area contributed by atoms with Crippen LogP contribution in [0.4, 0.5) is 0 Å². The second-order valence-corrected chi connectivity index (χ2v) is 4.73. The van der Waals surface area contributed by atoms with Crippen molar-refractivity contribution < 1.29 is 4.79 Å². The molecule has 2 fully saturated rings. The third kappa shape index (κ3) is 2.45. The lowest BCUT2D eigenvalue weighted by Gasteiger charge is -2.31. The summed E-state index contributed by atoms with van der Waals surface area (Å²) in [5.41, 5.74) is 0. The molecule has 0 bridgehead atoms. The van der Waals surface area contributed by atoms with E-state index in [1.807, 2.05) is 0 Å². The first kappa shape index (κ1) is 9.04. The van der Waals surface area contributed by atoms with E-state index in [4.69, 9.17) is 0 Å². The molecule has 0 N–H and O–H groups in total. The lowest BCUT2D eigenvalue weighted by atomic mass is 10.00. The maximum Gasteiger partial charge on any atom is 0.222 e. The van der Waals surface area contributed by atoms with Crippen LogP contribution in [0.15, 0.2) is 0 Å². The fourth-order valence-corrected chi connectivity index (χ4v) is 2.11. The van der Waals surface area contributed by atoms with Gasteiger partial charge in [0.2, 0.25) is 5.91 Å². The minimum Gasteiger partial charge on any atom is -0.342 e. The molecule has 0 aromatic rings. The van der Waals surface area contributed by atoms with Crippen molar-refractivity contribution in [3.05, 3.63) is 0 Å². The van der Waals surface area contributed by atoms with Crippen molar-refractivity contribution in [2.45, 2.75) is 39.0 Å². The molecule has 1 atom stereocenters. The monoisotopic (exact) mass is 181 g/mol. The van der Waals surface area contributed by atoms with Crippen LogP contribution in [-0.4, -0.2) is 23.9 Å². The Morgan fingerprint density at radius 3 is 2.77 bits per heavy atom. The van der Waals surface area contributed by atoms with Gasteiger partial charge in [0.25, 0.3) is 0 Å². The Balaban J connectivity index is 1.80. The first-order chi connectivity index (χ1) is 6.25. The van der Waals surface area contributed by atoms with E-state index in [-0.39, 0.29) is 0 Å². The topological polar surface area (TPSA) is 20.3 Å². The molecule has 0 aromatic carbocycles. The van der Waals surface area contributed by atoms with Crippen molar-refractivity contribution in [2.24, 2.45) is 11.8 Å². The molecule has 1 aliphatic heterocycles. The molecule has 0 unspecified atom stereocenters. The molecule has 0 radical (unpaired) electrons. The number of hydrogen-bond donors (Lipinski definition) is 0. The van der Waals surface area contributed by atoms with Gasteiger partial charge >= 0.3 is 0 Å². The number of nitrogens with zero attached hydrogens (tertiary/aromatic N) is 1. The van der Waals surface area contributed by atoms with E-state index in [0.29, 0.717) is 5.91 Å². The summed E-state index contributed by atoms with van der Waals surface area (Å²) >= 11 is 0. The highest BCUT2D eigenvalue weighted by Gasteiger charge is 2.28. The van der Waals surface area contributed by atoms with Gasteiger partial charge in [-0.05, 0) is 37.5 Å². The van der Waals surface area contributed by atoms with E-state index in [9.17, 15) is 4.79 Å². The van der Waals surface area contributed by atoms with Gasteiger partial charge in [-0.25, -0.2) is 0 Å². The molecule has 0 aromatic heterocycles. The molecule has 1 saturated carbocycles. The summed E-state index contributed by atoms with van der Waals surface area (Å²) in [6.07, 6.45) is 5.90. The number of likely N-dealkylation sites (tertiary alicyclic amines) is 1. The van der Waals surface area contributed by atoms with Crippen molar-refractivity contribution >= 4 is 5.91 Å². The number of amides is 1. The molecule has 2 heteroatoms. The van der Waals surface area contributed by atoms with Gasteiger partial charge in [0.05, 0.1) is 0 Å². The summed E-state index contributed by atoms with van der Waals surface area (Å²) in [5.74, 6) is 1.87. The van der Waals surface area contributed by atoms with Crippen molar-refractivity contribution in [3.63, 3.8) is 0 Å². The summed E-state index contributed by atoms with van der Waals surface area (Å²) in [7, 11) is 0. The van der Waals surface area contributed by atoms with E-state index in [0.717, 1.165) is 31.3 Å². The molecule has 2 nitrogen and oxygen atoms in total. The van der Waals surface area contributed by atoms with E-state index >= 15 is 0 Å². The summed E-state index contributed by atoms with van der Waals surface area (Å²) in [6.45, 7) is 4.26. The number of carbonyl (C=O) groups is 1. The van der Waals surface area contributed by atoms with Crippen LogP contribution in [0.25, 0.3) is 0 Å². The van der Waals surface area contributed by atoms with Crippen molar-refractivity contribution in [3.8, 4) is 0 Å². The maximum atomic E-state index is 11.7. The number of carbonyl (C=O) groups excluding carboxylic acids is 1. The molecule has 2 rings (SSSR count). The SMILES string of the molecule is C[C@H]1CCCN(C(=O)CC2CC2)C1. The van der Waals surface area contributed by atoms with Crippen LogP contribution in [0, 0.1) is 11.8 Å². The largest absolute Gasteiger partial charge is 0.342 e. The fourth-order valence-electron chi connectivity index (χ4n) is 2.11. The zero-order valence-corrected chi connectivity index (χ0v) is 8.46. The minimum absolute atomic E-state index is 0.411. The molecule has 2 aliphatic rings. The Hall–Kier alpha value is -0.530. The van der Waals surface area contributed by atoms with Gasteiger partial charge in [-0.2, -0.15) is 0 Å². The molecule has 74 valence electrons. The van der Waals surface area contributed by atoms with Crippen LogP contribution in [0.5, 0.6) is 0 Å². The highest BCUT2D eigenvalue weighted by molar-refractivity contribution is 5.76. The van der Waals surface area contributed by atoms with Gasteiger partial charge < -0.3 is 4.90 Å². The lowest BCUT2D eigenvalue weighted by Crippen LogP contribution is -2.39.